The number of Topliss-reactive ketones (excluding diaryl/α,β-unsaturated/α-hetero) is 1. The fourth-order valence-corrected chi connectivity index (χ4v) is 2.45. The van der Waals surface area contributed by atoms with E-state index >= 15 is 0 Å². The number of benzene rings is 2. The molecule has 84 valence electrons. The predicted octanol–water partition coefficient (Wildman–Crippen LogP) is 3.54. The molecule has 0 aromatic heterocycles. The molecule has 1 nitrogen and oxygen atoms in total. The Labute approximate surface area is 98.9 Å². The lowest BCUT2D eigenvalue weighted by Crippen LogP contribution is -1.96. The van der Waals surface area contributed by atoms with Crippen molar-refractivity contribution >= 4 is 5.78 Å². The van der Waals surface area contributed by atoms with E-state index < -0.39 is 0 Å². The summed E-state index contributed by atoms with van der Waals surface area (Å²) in [7, 11) is 0. The van der Waals surface area contributed by atoms with Crippen LogP contribution in [0, 0.1) is 5.82 Å². The Kier molecular flexibility index (Phi) is 2.29. The third-order valence-electron chi connectivity index (χ3n) is 3.30. The second kappa shape index (κ2) is 3.81. The maximum absolute atomic E-state index is 12.9. The SMILES string of the molecule is O=C1C[C@H](c2ccc(F)cc2)c2ccccc21. The van der Waals surface area contributed by atoms with Gasteiger partial charge in [-0.05, 0) is 23.3 Å². The average Bonchev–Trinajstić information content (AvgIpc) is 2.69. The minimum Gasteiger partial charge on any atom is -0.294 e. The van der Waals surface area contributed by atoms with Crippen LogP contribution in [-0.2, 0) is 0 Å². The molecule has 0 unspecified atom stereocenters. The number of fused-ring (bicyclic) bond motifs is 1. The molecule has 0 fully saturated rings. The highest BCUT2D eigenvalue weighted by atomic mass is 19.1. The van der Waals surface area contributed by atoms with Crippen molar-refractivity contribution in [3.63, 3.8) is 0 Å². The molecule has 2 aromatic carbocycles. The fraction of sp³-hybridized carbons (Fsp3) is 0.133. The summed E-state index contributed by atoms with van der Waals surface area (Å²) in [5.41, 5.74) is 2.87. The number of hydrogen-bond acceptors (Lipinski definition) is 1. The zero-order valence-electron chi connectivity index (χ0n) is 9.19. The normalized spacial score (nSPS) is 18.2. The van der Waals surface area contributed by atoms with E-state index in [1.807, 2.05) is 24.3 Å². The van der Waals surface area contributed by atoms with Gasteiger partial charge in [-0.25, -0.2) is 4.39 Å². The van der Waals surface area contributed by atoms with Crippen LogP contribution in [0.1, 0.15) is 33.8 Å². The largest absolute Gasteiger partial charge is 0.294 e. The molecule has 1 aliphatic carbocycles. The Morgan fingerprint density at radius 2 is 1.71 bits per heavy atom. The molecule has 17 heavy (non-hydrogen) atoms. The van der Waals surface area contributed by atoms with Gasteiger partial charge >= 0.3 is 0 Å². The Hall–Kier alpha value is -1.96. The highest BCUT2D eigenvalue weighted by Gasteiger charge is 2.29. The lowest BCUT2D eigenvalue weighted by atomic mass is 9.93. The molecule has 0 heterocycles. The van der Waals surface area contributed by atoms with Gasteiger partial charge in [0, 0.05) is 17.9 Å². The molecule has 0 spiro atoms. The summed E-state index contributed by atoms with van der Waals surface area (Å²) in [5, 5.41) is 0. The van der Waals surface area contributed by atoms with Gasteiger partial charge in [-0.3, -0.25) is 4.79 Å². The summed E-state index contributed by atoms with van der Waals surface area (Å²) in [6.45, 7) is 0. The minimum atomic E-state index is -0.244. The zero-order chi connectivity index (χ0) is 11.8. The molecule has 0 amide bonds. The van der Waals surface area contributed by atoms with Crippen LogP contribution < -0.4 is 0 Å². The Bertz CT molecular complexity index is 572. The molecule has 0 N–H and O–H groups in total. The third-order valence-corrected chi connectivity index (χ3v) is 3.30. The van der Waals surface area contributed by atoms with E-state index in [9.17, 15) is 9.18 Å². The van der Waals surface area contributed by atoms with E-state index in [1.54, 1.807) is 12.1 Å². The lowest BCUT2D eigenvalue weighted by Gasteiger charge is -2.10. The number of hydrogen-bond donors (Lipinski definition) is 0. The van der Waals surface area contributed by atoms with E-state index in [0.29, 0.717) is 6.42 Å². The van der Waals surface area contributed by atoms with Gasteiger partial charge in [-0.1, -0.05) is 36.4 Å². The lowest BCUT2D eigenvalue weighted by molar-refractivity contribution is 0.0991. The Morgan fingerprint density at radius 3 is 2.47 bits per heavy atom. The summed E-state index contributed by atoms with van der Waals surface area (Å²) in [6.07, 6.45) is 0.491. The van der Waals surface area contributed by atoms with Gasteiger partial charge in [0.2, 0.25) is 0 Å². The van der Waals surface area contributed by atoms with Crippen molar-refractivity contribution in [2.75, 3.05) is 0 Å². The first kappa shape index (κ1) is 10.2. The first-order valence-electron chi connectivity index (χ1n) is 5.63. The number of carbonyl (C=O) groups excluding carboxylic acids is 1. The van der Waals surface area contributed by atoms with Crippen molar-refractivity contribution < 1.29 is 9.18 Å². The van der Waals surface area contributed by atoms with E-state index in [-0.39, 0.29) is 17.5 Å². The summed E-state index contributed by atoms with van der Waals surface area (Å²) in [6, 6.07) is 14.1. The van der Waals surface area contributed by atoms with Crippen LogP contribution in [0.15, 0.2) is 48.5 Å². The van der Waals surface area contributed by atoms with E-state index in [4.69, 9.17) is 0 Å². The van der Waals surface area contributed by atoms with Crippen molar-refractivity contribution in [3.8, 4) is 0 Å². The van der Waals surface area contributed by atoms with Crippen LogP contribution in [0.3, 0.4) is 0 Å². The summed E-state index contributed by atoms with van der Waals surface area (Å²) in [4.78, 5) is 11.8. The third kappa shape index (κ3) is 1.66. The fourth-order valence-electron chi connectivity index (χ4n) is 2.45. The van der Waals surface area contributed by atoms with Crippen molar-refractivity contribution in [3.05, 3.63) is 71.0 Å². The van der Waals surface area contributed by atoms with Crippen molar-refractivity contribution in [2.24, 2.45) is 0 Å². The second-order valence-electron chi connectivity index (χ2n) is 4.32. The highest BCUT2D eigenvalue weighted by molar-refractivity contribution is 6.01. The minimum absolute atomic E-state index is 0.0827. The monoisotopic (exact) mass is 226 g/mol. The quantitative estimate of drug-likeness (QED) is 0.726. The number of carbonyl (C=O) groups is 1. The van der Waals surface area contributed by atoms with Crippen LogP contribution in [-0.4, -0.2) is 5.78 Å². The molecule has 3 rings (SSSR count). The molecule has 0 aliphatic heterocycles. The molecule has 1 aliphatic rings. The van der Waals surface area contributed by atoms with Crippen LogP contribution in [0.4, 0.5) is 4.39 Å². The molecule has 2 aromatic rings. The topological polar surface area (TPSA) is 17.1 Å². The summed E-state index contributed by atoms with van der Waals surface area (Å²) >= 11 is 0. The first-order chi connectivity index (χ1) is 8.25. The van der Waals surface area contributed by atoms with Gasteiger partial charge in [-0.15, -0.1) is 0 Å². The molecule has 0 bridgehead atoms. The van der Waals surface area contributed by atoms with Crippen molar-refractivity contribution in [2.45, 2.75) is 12.3 Å². The van der Waals surface area contributed by atoms with Crippen LogP contribution in [0.25, 0.3) is 0 Å². The van der Waals surface area contributed by atoms with Gasteiger partial charge in [-0.2, -0.15) is 0 Å². The maximum Gasteiger partial charge on any atom is 0.164 e. The van der Waals surface area contributed by atoms with Gasteiger partial charge in [0.1, 0.15) is 5.82 Å². The van der Waals surface area contributed by atoms with E-state index in [2.05, 4.69) is 0 Å². The Morgan fingerprint density at radius 1 is 1.00 bits per heavy atom. The number of rotatable bonds is 1. The standard InChI is InChI=1S/C15H11FO/c16-11-7-5-10(6-8-11)14-9-15(17)13-4-2-1-3-12(13)14/h1-8,14H,9H2/t14-/m1/s1. The molecule has 0 saturated carbocycles. The van der Waals surface area contributed by atoms with E-state index in [0.717, 1.165) is 16.7 Å². The zero-order valence-corrected chi connectivity index (χ0v) is 9.19. The Balaban J connectivity index is 2.07. The first-order valence-corrected chi connectivity index (χ1v) is 5.63. The highest BCUT2D eigenvalue weighted by Crippen LogP contribution is 2.37. The maximum atomic E-state index is 12.9. The molecule has 1 atom stereocenters. The second-order valence-corrected chi connectivity index (χ2v) is 4.32. The molecule has 0 saturated heterocycles. The van der Waals surface area contributed by atoms with E-state index in [1.165, 1.54) is 12.1 Å². The van der Waals surface area contributed by atoms with Crippen LogP contribution >= 0.6 is 0 Å². The predicted molar refractivity (Wildman–Crippen MR) is 63.6 cm³/mol. The van der Waals surface area contributed by atoms with Crippen molar-refractivity contribution in [1.29, 1.82) is 0 Å². The van der Waals surface area contributed by atoms with Gasteiger partial charge in [0.15, 0.2) is 5.78 Å². The average molecular weight is 226 g/mol. The van der Waals surface area contributed by atoms with Gasteiger partial charge < -0.3 is 0 Å². The molecule has 2 heteroatoms. The van der Waals surface area contributed by atoms with Gasteiger partial charge in [0.05, 0.1) is 0 Å². The molecule has 0 radical (unpaired) electrons. The summed E-state index contributed by atoms with van der Waals surface area (Å²) < 4.78 is 12.9. The summed E-state index contributed by atoms with van der Waals surface area (Å²) in [5.74, 6) is 0.0144. The molecular weight excluding hydrogens is 215 g/mol. The van der Waals surface area contributed by atoms with Crippen LogP contribution in [0.2, 0.25) is 0 Å². The number of ketones is 1. The van der Waals surface area contributed by atoms with Gasteiger partial charge in [0.25, 0.3) is 0 Å². The molecular formula is C15H11FO. The van der Waals surface area contributed by atoms with Crippen molar-refractivity contribution in [1.82, 2.24) is 0 Å². The number of halogens is 1. The smallest absolute Gasteiger partial charge is 0.164 e. The van der Waals surface area contributed by atoms with Crippen LogP contribution in [0.5, 0.6) is 0 Å².